The third-order valence-electron chi connectivity index (χ3n) is 5.21. The number of hydrogen-bond donors (Lipinski definition) is 1. The maximum atomic E-state index is 12.8. The van der Waals surface area contributed by atoms with Gasteiger partial charge < -0.3 is 15.1 Å². The quantitative estimate of drug-likeness (QED) is 0.849. The average molecular weight is 400 g/mol. The van der Waals surface area contributed by atoms with Crippen molar-refractivity contribution >= 4 is 34.0 Å². The molecule has 28 heavy (non-hydrogen) atoms. The second-order valence-electron chi connectivity index (χ2n) is 7.23. The summed E-state index contributed by atoms with van der Waals surface area (Å²) in [4.78, 5) is 36.1. The van der Waals surface area contributed by atoms with Gasteiger partial charge in [0.15, 0.2) is 5.13 Å². The molecular weight excluding hydrogens is 374 g/mol. The SMILES string of the molecule is CC(=O)Nc1nc2c(s1)CN(CC(=O)N1CCN(c3ccccc3)CC1)CC2. The van der Waals surface area contributed by atoms with Gasteiger partial charge in [0.2, 0.25) is 11.8 Å². The van der Waals surface area contributed by atoms with Crippen LogP contribution in [0.4, 0.5) is 10.8 Å². The van der Waals surface area contributed by atoms with E-state index in [2.05, 4.69) is 32.2 Å². The van der Waals surface area contributed by atoms with E-state index in [0.717, 1.165) is 56.3 Å². The first-order valence-electron chi connectivity index (χ1n) is 9.65. The van der Waals surface area contributed by atoms with Gasteiger partial charge in [0, 0.05) is 63.2 Å². The fourth-order valence-corrected chi connectivity index (χ4v) is 4.83. The Morgan fingerprint density at radius 3 is 2.57 bits per heavy atom. The van der Waals surface area contributed by atoms with Gasteiger partial charge in [-0.15, -0.1) is 11.3 Å². The molecule has 1 N–H and O–H groups in total. The first-order chi connectivity index (χ1) is 13.6. The fourth-order valence-electron chi connectivity index (χ4n) is 3.73. The number of nitrogens with one attached hydrogen (secondary N) is 1. The smallest absolute Gasteiger partial charge is 0.236 e. The van der Waals surface area contributed by atoms with E-state index in [1.54, 1.807) is 0 Å². The van der Waals surface area contributed by atoms with Crippen LogP contribution >= 0.6 is 11.3 Å². The number of aromatic nitrogens is 1. The third-order valence-corrected chi connectivity index (χ3v) is 6.20. The zero-order valence-electron chi connectivity index (χ0n) is 16.1. The Kier molecular flexibility index (Phi) is 5.59. The highest BCUT2D eigenvalue weighted by Gasteiger charge is 2.26. The molecule has 0 saturated carbocycles. The normalized spacial score (nSPS) is 17.3. The summed E-state index contributed by atoms with van der Waals surface area (Å²) >= 11 is 1.51. The van der Waals surface area contributed by atoms with Crippen LogP contribution in [-0.2, 0) is 22.6 Å². The lowest BCUT2D eigenvalue weighted by Crippen LogP contribution is -2.51. The van der Waals surface area contributed by atoms with Crippen LogP contribution in [-0.4, -0.2) is 65.9 Å². The number of benzene rings is 1. The van der Waals surface area contributed by atoms with Gasteiger partial charge in [-0.1, -0.05) is 18.2 Å². The Balaban J connectivity index is 1.29. The summed E-state index contributed by atoms with van der Waals surface area (Å²) in [6.45, 7) is 6.75. The van der Waals surface area contributed by atoms with Gasteiger partial charge in [0.05, 0.1) is 12.2 Å². The highest BCUT2D eigenvalue weighted by atomic mass is 32.1. The van der Waals surface area contributed by atoms with Crippen LogP contribution in [0.3, 0.4) is 0 Å². The van der Waals surface area contributed by atoms with Crippen molar-refractivity contribution in [3.63, 3.8) is 0 Å². The number of amides is 2. The van der Waals surface area contributed by atoms with Gasteiger partial charge in [-0.25, -0.2) is 4.98 Å². The molecule has 2 aromatic rings. The number of nitrogens with zero attached hydrogens (tertiary/aromatic N) is 4. The average Bonchev–Trinajstić information content (AvgIpc) is 3.09. The molecule has 0 spiro atoms. The minimum Gasteiger partial charge on any atom is -0.368 e. The van der Waals surface area contributed by atoms with E-state index in [9.17, 15) is 9.59 Å². The number of hydrogen-bond acceptors (Lipinski definition) is 6. The molecule has 7 nitrogen and oxygen atoms in total. The number of para-hydroxylation sites is 1. The largest absolute Gasteiger partial charge is 0.368 e. The molecule has 0 radical (unpaired) electrons. The van der Waals surface area contributed by atoms with Gasteiger partial charge >= 0.3 is 0 Å². The molecule has 2 aliphatic rings. The molecule has 1 saturated heterocycles. The Morgan fingerprint density at radius 1 is 1.11 bits per heavy atom. The third kappa shape index (κ3) is 4.34. The molecule has 3 heterocycles. The van der Waals surface area contributed by atoms with Crippen LogP contribution in [0.25, 0.3) is 0 Å². The Labute approximate surface area is 169 Å². The number of piperazine rings is 1. The summed E-state index contributed by atoms with van der Waals surface area (Å²) in [6.07, 6.45) is 0.820. The minimum atomic E-state index is -0.104. The Bertz CT molecular complexity index is 846. The molecule has 8 heteroatoms. The first kappa shape index (κ1) is 18.9. The number of anilines is 2. The van der Waals surface area contributed by atoms with Crippen molar-refractivity contribution in [2.24, 2.45) is 0 Å². The number of thiazole rings is 1. The molecule has 1 aromatic carbocycles. The molecule has 4 rings (SSSR count). The summed E-state index contributed by atoms with van der Waals surface area (Å²) in [7, 11) is 0. The molecule has 148 valence electrons. The van der Waals surface area contributed by atoms with Crippen molar-refractivity contribution in [3.8, 4) is 0 Å². The van der Waals surface area contributed by atoms with Gasteiger partial charge in [-0.3, -0.25) is 14.5 Å². The van der Waals surface area contributed by atoms with E-state index in [1.807, 2.05) is 23.1 Å². The van der Waals surface area contributed by atoms with Crippen LogP contribution in [0, 0.1) is 0 Å². The molecule has 0 atom stereocenters. The number of carbonyl (C=O) groups excluding carboxylic acids is 2. The van der Waals surface area contributed by atoms with Crippen LogP contribution < -0.4 is 10.2 Å². The molecule has 0 aliphatic carbocycles. The highest BCUT2D eigenvalue weighted by Crippen LogP contribution is 2.28. The first-order valence-corrected chi connectivity index (χ1v) is 10.5. The minimum absolute atomic E-state index is 0.104. The standard InChI is InChI=1S/C20H25N5O2S/c1-15(26)21-20-22-17-7-8-23(13-18(17)28-20)14-19(27)25-11-9-24(10-12-25)16-5-3-2-4-6-16/h2-6H,7-14H2,1H3,(H,21,22,26). The zero-order chi connectivity index (χ0) is 19.5. The van der Waals surface area contributed by atoms with Crippen molar-refractivity contribution < 1.29 is 9.59 Å². The monoisotopic (exact) mass is 399 g/mol. The van der Waals surface area contributed by atoms with Gasteiger partial charge in [-0.2, -0.15) is 0 Å². The summed E-state index contributed by atoms with van der Waals surface area (Å²) in [5.41, 5.74) is 2.27. The van der Waals surface area contributed by atoms with Gasteiger partial charge in [0.25, 0.3) is 0 Å². The zero-order valence-corrected chi connectivity index (χ0v) is 16.9. The Hall–Kier alpha value is -2.45. The maximum absolute atomic E-state index is 12.8. The highest BCUT2D eigenvalue weighted by molar-refractivity contribution is 7.15. The summed E-state index contributed by atoms with van der Waals surface area (Å²) in [6, 6.07) is 10.4. The number of fused-ring (bicyclic) bond motifs is 1. The molecule has 1 fully saturated rings. The van der Waals surface area contributed by atoms with Crippen molar-refractivity contribution in [1.29, 1.82) is 0 Å². The van der Waals surface area contributed by atoms with Crippen molar-refractivity contribution in [3.05, 3.63) is 40.9 Å². The van der Waals surface area contributed by atoms with E-state index in [1.165, 1.54) is 23.9 Å². The van der Waals surface area contributed by atoms with Crippen molar-refractivity contribution in [1.82, 2.24) is 14.8 Å². The summed E-state index contributed by atoms with van der Waals surface area (Å²) < 4.78 is 0. The maximum Gasteiger partial charge on any atom is 0.236 e. The van der Waals surface area contributed by atoms with Crippen molar-refractivity contribution in [2.75, 3.05) is 49.5 Å². The van der Waals surface area contributed by atoms with E-state index >= 15 is 0 Å². The fraction of sp³-hybridized carbons (Fsp3) is 0.450. The van der Waals surface area contributed by atoms with Gasteiger partial charge in [-0.05, 0) is 12.1 Å². The molecular formula is C20H25N5O2S. The Morgan fingerprint density at radius 2 is 1.86 bits per heavy atom. The van der Waals surface area contributed by atoms with Crippen molar-refractivity contribution in [2.45, 2.75) is 19.9 Å². The molecule has 2 amide bonds. The van der Waals surface area contributed by atoms with Crippen LogP contribution in [0.15, 0.2) is 30.3 Å². The summed E-state index contributed by atoms with van der Waals surface area (Å²) in [5.74, 6) is 0.0931. The molecule has 1 aromatic heterocycles. The number of rotatable bonds is 4. The molecule has 0 unspecified atom stereocenters. The second-order valence-corrected chi connectivity index (χ2v) is 8.32. The second kappa shape index (κ2) is 8.28. The van der Waals surface area contributed by atoms with Crippen LogP contribution in [0.5, 0.6) is 0 Å². The topological polar surface area (TPSA) is 68.8 Å². The molecule has 0 bridgehead atoms. The predicted octanol–water partition coefficient (Wildman–Crippen LogP) is 1.81. The van der Waals surface area contributed by atoms with E-state index in [0.29, 0.717) is 11.7 Å². The summed E-state index contributed by atoms with van der Waals surface area (Å²) in [5, 5.41) is 3.41. The lowest BCUT2D eigenvalue weighted by Gasteiger charge is -2.37. The van der Waals surface area contributed by atoms with E-state index < -0.39 is 0 Å². The molecule has 2 aliphatic heterocycles. The van der Waals surface area contributed by atoms with E-state index in [4.69, 9.17) is 0 Å². The lowest BCUT2D eigenvalue weighted by atomic mass is 10.2. The van der Waals surface area contributed by atoms with Crippen LogP contribution in [0.1, 0.15) is 17.5 Å². The lowest BCUT2D eigenvalue weighted by molar-refractivity contribution is -0.133. The van der Waals surface area contributed by atoms with Crippen LogP contribution in [0.2, 0.25) is 0 Å². The van der Waals surface area contributed by atoms with Gasteiger partial charge in [0.1, 0.15) is 0 Å². The predicted molar refractivity (Wildman–Crippen MR) is 111 cm³/mol. The van der Waals surface area contributed by atoms with E-state index in [-0.39, 0.29) is 11.8 Å². The number of carbonyl (C=O) groups is 2.